The summed E-state index contributed by atoms with van der Waals surface area (Å²) >= 11 is 3.95. The molecule has 0 saturated carbocycles. The molecule has 1 rings (SSSR count). The predicted octanol–water partition coefficient (Wildman–Crippen LogP) is -2.74. The van der Waals surface area contributed by atoms with Crippen LogP contribution in [0.5, 0.6) is 0 Å². The Morgan fingerprint density at radius 1 is 1.30 bits per heavy atom. The number of carboxylic acid groups (broad SMARTS) is 1. The van der Waals surface area contributed by atoms with E-state index in [-0.39, 0.29) is 12.2 Å². The quantitative estimate of drug-likeness (QED) is 0.238. The number of hydrogen-bond acceptors (Lipinski definition) is 7. The molecule has 11 heteroatoms. The van der Waals surface area contributed by atoms with Crippen molar-refractivity contribution in [3.05, 3.63) is 18.2 Å². The van der Waals surface area contributed by atoms with Gasteiger partial charge in [0.1, 0.15) is 18.1 Å². The molecule has 128 valence electrons. The smallest absolute Gasteiger partial charge is 0.326 e. The Morgan fingerprint density at radius 2 is 1.96 bits per heavy atom. The van der Waals surface area contributed by atoms with Gasteiger partial charge in [-0.05, 0) is 0 Å². The number of carboxylic acids is 1. The van der Waals surface area contributed by atoms with E-state index in [0.29, 0.717) is 5.69 Å². The molecule has 1 aromatic heterocycles. The van der Waals surface area contributed by atoms with Crippen LogP contribution in [0.4, 0.5) is 0 Å². The van der Waals surface area contributed by atoms with Gasteiger partial charge in [-0.2, -0.15) is 12.6 Å². The first-order valence-corrected chi connectivity index (χ1v) is 7.30. The molecule has 1 heterocycles. The molecule has 0 bridgehead atoms. The molecule has 0 radical (unpaired) electrons. The van der Waals surface area contributed by atoms with Gasteiger partial charge in [0.25, 0.3) is 0 Å². The monoisotopic (exact) mass is 345 g/mol. The lowest BCUT2D eigenvalue weighted by atomic mass is 10.1. The Hall–Kier alpha value is -2.11. The van der Waals surface area contributed by atoms with Gasteiger partial charge in [0.2, 0.25) is 11.8 Å². The molecule has 23 heavy (non-hydrogen) atoms. The number of nitrogens with two attached hydrogens (primary N) is 1. The fourth-order valence-electron chi connectivity index (χ4n) is 1.64. The number of aliphatic hydroxyl groups excluding tert-OH is 1. The number of aliphatic hydroxyl groups is 1. The first-order chi connectivity index (χ1) is 10.9. The Morgan fingerprint density at radius 3 is 2.43 bits per heavy atom. The summed E-state index contributed by atoms with van der Waals surface area (Å²) in [6, 6.07) is -3.45. The second-order valence-electron chi connectivity index (χ2n) is 4.71. The standard InChI is InChI=1S/C12H19N5O5S/c13-7(3-18)10(19)17-9(4-23)11(20)16-8(12(21)22)1-6-2-14-5-15-6/h2,5,7-9,18,23H,1,3-4,13H2,(H,14,15)(H,16,20)(H,17,19)(H,21,22)/t7-,8-,9-/m0/s1. The summed E-state index contributed by atoms with van der Waals surface area (Å²) < 4.78 is 0. The third-order valence-electron chi connectivity index (χ3n) is 2.94. The topological polar surface area (TPSA) is 170 Å². The molecule has 0 spiro atoms. The van der Waals surface area contributed by atoms with Gasteiger partial charge in [-0.15, -0.1) is 0 Å². The molecule has 0 aromatic carbocycles. The number of hydrogen-bond donors (Lipinski definition) is 7. The second kappa shape index (κ2) is 9.12. The average molecular weight is 345 g/mol. The summed E-state index contributed by atoms with van der Waals surface area (Å²) in [5.74, 6) is -2.75. The minimum absolute atomic E-state index is 0.00443. The number of aromatic nitrogens is 2. The van der Waals surface area contributed by atoms with Crippen molar-refractivity contribution in [1.82, 2.24) is 20.6 Å². The van der Waals surface area contributed by atoms with Crippen LogP contribution in [0, 0.1) is 0 Å². The van der Waals surface area contributed by atoms with Crippen LogP contribution in [0.2, 0.25) is 0 Å². The van der Waals surface area contributed by atoms with Crippen LogP contribution < -0.4 is 16.4 Å². The second-order valence-corrected chi connectivity index (χ2v) is 5.08. The van der Waals surface area contributed by atoms with Crippen LogP contribution >= 0.6 is 12.6 Å². The van der Waals surface area contributed by atoms with Crippen molar-refractivity contribution in [3.8, 4) is 0 Å². The summed E-state index contributed by atoms with van der Waals surface area (Å²) in [5, 5.41) is 22.6. The van der Waals surface area contributed by atoms with Crippen molar-refractivity contribution in [2.45, 2.75) is 24.5 Å². The van der Waals surface area contributed by atoms with Gasteiger partial charge in [0.05, 0.1) is 12.9 Å². The molecular weight excluding hydrogens is 326 g/mol. The summed E-state index contributed by atoms with van der Waals surface area (Å²) in [5.41, 5.74) is 5.87. The number of carbonyl (C=O) groups excluding carboxylic acids is 2. The SMILES string of the molecule is N[C@@H](CO)C(=O)N[C@@H](CS)C(=O)N[C@@H](Cc1cnc[nH]1)C(=O)O. The maximum absolute atomic E-state index is 12.1. The van der Waals surface area contributed by atoms with Gasteiger partial charge in [-0.25, -0.2) is 9.78 Å². The first kappa shape index (κ1) is 18.9. The number of aliphatic carboxylic acids is 1. The number of nitrogens with one attached hydrogen (secondary N) is 3. The highest BCUT2D eigenvalue weighted by molar-refractivity contribution is 7.80. The van der Waals surface area contributed by atoms with E-state index in [1.807, 2.05) is 0 Å². The summed E-state index contributed by atoms with van der Waals surface area (Å²) in [4.78, 5) is 41.4. The van der Waals surface area contributed by atoms with Crippen LogP contribution in [0.15, 0.2) is 12.5 Å². The third-order valence-corrected chi connectivity index (χ3v) is 3.31. The zero-order valence-electron chi connectivity index (χ0n) is 12.1. The summed E-state index contributed by atoms with van der Waals surface area (Å²) in [6.45, 7) is -0.579. The molecule has 2 amide bonds. The lowest BCUT2D eigenvalue weighted by molar-refractivity contribution is -0.142. The fraction of sp³-hybridized carbons (Fsp3) is 0.500. The van der Waals surface area contributed by atoms with Crippen molar-refractivity contribution in [3.63, 3.8) is 0 Å². The van der Waals surface area contributed by atoms with E-state index in [4.69, 9.17) is 10.8 Å². The van der Waals surface area contributed by atoms with E-state index in [2.05, 4.69) is 33.2 Å². The molecule has 10 nitrogen and oxygen atoms in total. The molecule has 0 aliphatic heterocycles. The van der Waals surface area contributed by atoms with Crippen molar-refractivity contribution in [2.24, 2.45) is 5.73 Å². The molecule has 0 fully saturated rings. The lowest BCUT2D eigenvalue weighted by Crippen LogP contribution is -2.56. The number of nitrogens with zero attached hydrogens (tertiary/aromatic N) is 1. The fourth-order valence-corrected chi connectivity index (χ4v) is 1.90. The molecule has 1 aromatic rings. The van der Waals surface area contributed by atoms with Gasteiger partial charge < -0.3 is 31.6 Å². The first-order valence-electron chi connectivity index (χ1n) is 6.67. The molecule has 0 unspecified atom stereocenters. The average Bonchev–Trinajstić information content (AvgIpc) is 3.03. The van der Waals surface area contributed by atoms with E-state index in [1.165, 1.54) is 12.5 Å². The Kier molecular flexibility index (Phi) is 7.51. The van der Waals surface area contributed by atoms with Gasteiger partial charge >= 0.3 is 5.97 Å². The largest absolute Gasteiger partial charge is 0.480 e. The minimum Gasteiger partial charge on any atom is -0.480 e. The minimum atomic E-state index is -1.23. The van der Waals surface area contributed by atoms with Gasteiger partial charge in [-0.3, -0.25) is 9.59 Å². The molecule has 0 aliphatic rings. The highest BCUT2D eigenvalue weighted by atomic mass is 32.1. The van der Waals surface area contributed by atoms with E-state index in [9.17, 15) is 19.5 Å². The van der Waals surface area contributed by atoms with Gasteiger partial charge in [-0.1, -0.05) is 0 Å². The summed E-state index contributed by atoms with van der Waals surface area (Å²) in [7, 11) is 0. The third kappa shape index (κ3) is 5.88. The molecule has 0 aliphatic carbocycles. The van der Waals surface area contributed by atoms with Crippen LogP contribution in [-0.4, -0.2) is 68.4 Å². The molecule has 0 saturated heterocycles. The van der Waals surface area contributed by atoms with E-state index >= 15 is 0 Å². The van der Waals surface area contributed by atoms with Crippen molar-refractivity contribution in [1.29, 1.82) is 0 Å². The molecular formula is C12H19N5O5S. The number of imidazole rings is 1. The van der Waals surface area contributed by atoms with E-state index in [1.54, 1.807) is 0 Å². The number of H-pyrrole nitrogens is 1. The summed E-state index contributed by atoms with van der Waals surface area (Å²) in [6.07, 6.45) is 2.84. The van der Waals surface area contributed by atoms with E-state index in [0.717, 1.165) is 0 Å². The Bertz CT molecular complexity index is 538. The highest BCUT2D eigenvalue weighted by Gasteiger charge is 2.27. The number of thiol groups is 1. The normalized spacial score (nSPS) is 14.6. The van der Waals surface area contributed by atoms with Gasteiger partial charge in [0, 0.05) is 24.1 Å². The van der Waals surface area contributed by atoms with Crippen LogP contribution in [0.3, 0.4) is 0 Å². The zero-order chi connectivity index (χ0) is 17.4. The number of rotatable bonds is 9. The van der Waals surface area contributed by atoms with Gasteiger partial charge in [0.15, 0.2) is 0 Å². The highest BCUT2D eigenvalue weighted by Crippen LogP contribution is 2.00. The number of aromatic amines is 1. The van der Waals surface area contributed by atoms with Crippen LogP contribution in [0.1, 0.15) is 5.69 Å². The Balaban J connectivity index is 2.68. The number of carbonyl (C=O) groups is 3. The zero-order valence-corrected chi connectivity index (χ0v) is 13.0. The molecule has 7 N–H and O–H groups in total. The van der Waals surface area contributed by atoms with Crippen LogP contribution in [-0.2, 0) is 20.8 Å². The molecule has 3 atom stereocenters. The predicted molar refractivity (Wildman–Crippen MR) is 82.7 cm³/mol. The van der Waals surface area contributed by atoms with Crippen LogP contribution in [0.25, 0.3) is 0 Å². The lowest BCUT2D eigenvalue weighted by Gasteiger charge is -2.21. The van der Waals surface area contributed by atoms with Crippen molar-refractivity contribution in [2.75, 3.05) is 12.4 Å². The van der Waals surface area contributed by atoms with Crippen molar-refractivity contribution >= 4 is 30.4 Å². The number of amides is 2. The Labute approximate surface area is 137 Å². The maximum Gasteiger partial charge on any atom is 0.326 e. The van der Waals surface area contributed by atoms with E-state index < -0.39 is 42.5 Å². The van der Waals surface area contributed by atoms with Crippen molar-refractivity contribution < 1.29 is 24.6 Å². The maximum atomic E-state index is 12.1.